The molecule has 120 valence electrons. The summed E-state index contributed by atoms with van der Waals surface area (Å²) < 4.78 is 13.2. The van der Waals surface area contributed by atoms with Crippen LogP contribution < -0.4 is 5.32 Å². The zero-order valence-electron chi connectivity index (χ0n) is 12.9. The molecule has 3 rings (SSSR count). The second-order valence-corrected chi connectivity index (χ2v) is 5.73. The molecule has 5 nitrogen and oxygen atoms in total. The summed E-state index contributed by atoms with van der Waals surface area (Å²) in [6, 6.07) is 5.93. The molecule has 2 heterocycles. The quantitative estimate of drug-likeness (QED) is 0.943. The van der Waals surface area contributed by atoms with Gasteiger partial charge in [-0.3, -0.25) is 14.6 Å². The highest BCUT2D eigenvalue weighted by Gasteiger charge is 2.19. The van der Waals surface area contributed by atoms with E-state index in [1.54, 1.807) is 24.0 Å². The summed E-state index contributed by atoms with van der Waals surface area (Å²) in [5.74, 6) is -0.768. The third kappa shape index (κ3) is 3.31. The summed E-state index contributed by atoms with van der Waals surface area (Å²) in [5, 5.41) is 3.34. The lowest BCUT2D eigenvalue weighted by Gasteiger charge is -2.15. The number of hydrogen-bond acceptors (Lipinski definition) is 3. The molecule has 2 amide bonds. The van der Waals surface area contributed by atoms with Crippen LogP contribution in [0.15, 0.2) is 24.3 Å². The molecule has 1 saturated heterocycles. The molecule has 1 N–H and O–H groups in total. The van der Waals surface area contributed by atoms with Crippen molar-refractivity contribution in [1.82, 2.24) is 15.2 Å². The van der Waals surface area contributed by atoms with Gasteiger partial charge in [0.15, 0.2) is 0 Å². The van der Waals surface area contributed by atoms with E-state index in [0.717, 1.165) is 25.9 Å². The first-order chi connectivity index (χ1) is 11.0. The molecule has 0 radical (unpaired) electrons. The first kappa shape index (κ1) is 15.4. The fourth-order valence-corrected chi connectivity index (χ4v) is 2.80. The Bertz CT molecular complexity index is 770. The number of pyridine rings is 1. The highest BCUT2D eigenvalue weighted by Crippen LogP contribution is 2.17. The van der Waals surface area contributed by atoms with Crippen LogP contribution in [0, 0.1) is 12.7 Å². The molecule has 1 aromatic heterocycles. The minimum atomic E-state index is -0.363. The Labute approximate surface area is 133 Å². The van der Waals surface area contributed by atoms with E-state index in [1.165, 1.54) is 12.1 Å². The van der Waals surface area contributed by atoms with Gasteiger partial charge >= 0.3 is 0 Å². The zero-order valence-corrected chi connectivity index (χ0v) is 12.9. The predicted octanol–water partition coefficient (Wildman–Crippen LogP) is 2.03. The van der Waals surface area contributed by atoms with Crippen molar-refractivity contribution in [2.24, 2.45) is 0 Å². The predicted molar refractivity (Wildman–Crippen MR) is 84.6 cm³/mol. The molecule has 6 heteroatoms. The van der Waals surface area contributed by atoms with Crippen LogP contribution in [-0.2, 0) is 4.79 Å². The average molecular weight is 315 g/mol. The molecule has 0 saturated carbocycles. The van der Waals surface area contributed by atoms with E-state index < -0.39 is 0 Å². The molecule has 1 aliphatic rings. The fourth-order valence-electron chi connectivity index (χ4n) is 2.80. The topological polar surface area (TPSA) is 62.3 Å². The van der Waals surface area contributed by atoms with E-state index in [2.05, 4.69) is 10.3 Å². The van der Waals surface area contributed by atoms with Crippen molar-refractivity contribution in [2.75, 3.05) is 19.6 Å². The van der Waals surface area contributed by atoms with Crippen molar-refractivity contribution >= 4 is 22.7 Å². The summed E-state index contributed by atoms with van der Waals surface area (Å²) in [6.45, 7) is 3.20. The number of likely N-dealkylation sites (tertiary alicyclic amines) is 1. The molecule has 1 aliphatic heterocycles. The van der Waals surface area contributed by atoms with Crippen LogP contribution in [0.1, 0.15) is 28.9 Å². The van der Waals surface area contributed by atoms with Gasteiger partial charge in [-0.1, -0.05) is 0 Å². The number of aryl methyl sites for hydroxylation is 1. The maximum atomic E-state index is 13.2. The van der Waals surface area contributed by atoms with Gasteiger partial charge in [-0.2, -0.15) is 0 Å². The van der Waals surface area contributed by atoms with E-state index >= 15 is 0 Å². The van der Waals surface area contributed by atoms with Gasteiger partial charge in [-0.25, -0.2) is 4.39 Å². The van der Waals surface area contributed by atoms with Crippen LogP contribution in [-0.4, -0.2) is 41.3 Å². The first-order valence-electron chi connectivity index (χ1n) is 7.67. The Hall–Kier alpha value is -2.50. The maximum absolute atomic E-state index is 13.2. The molecule has 0 bridgehead atoms. The van der Waals surface area contributed by atoms with Gasteiger partial charge in [0.05, 0.1) is 23.3 Å². The van der Waals surface area contributed by atoms with Gasteiger partial charge in [-0.15, -0.1) is 0 Å². The van der Waals surface area contributed by atoms with Crippen molar-refractivity contribution in [3.8, 4) is 0 Å². The summed E-state index contributed by atoms with van der Waals surface area (Å²) in [7, 11) is 0. The third-order valence-corrected chi connectivity index (χ3v) is 4.07. The summed E-state index contributed by atoms with van der Waals surface area (Å²) in [4.78, 5) is 30.3. The van der Waals surface area contributed by atoms with Crippen LogP contribution in [0.4, 0.5) is 4.39 Å². The molecular formula is C17H18FN3O2. The molecular weight excluding hydrogens is 297 g/mol. The van der Waals surface area contributed by atoms with Gasteiger partial charge in [0.25, 0.3) is 5.91 Å². The highest BCUT2D eigenvalue weighted by atomic mass is 19.1. The Morgan fingerprint density at radius 2 is 2.00 bits per heavy atom. The number of amides is 2. The van der Waals surface area contributed by atoms with Crippen molar-refractivity contribution in [3.05, 3.63) is 41.3 Å². The standard InChI is InChI=1S/C17H18FN3O2/c1-11-14(8-12-4-5-13(18)9-15(12)20-11)17(23)19-10-16(22)21-6-2-3-7-21/h4-5,8-9H,2-3,6-7,10H2,1H3,(H,19,23). The van der Waals surface area contributed by atoms with Crippen molar-refractivity contribution in [1.29, 1.82) is 0 Å². The maximum Gasteiger partial charge on any atom is 0.253 e. The minimum absolute atomic E-state index is 0.0142. The Morgan fingerprint density at radius 3 is 2.74 bits per heavy atom. The summed E-state index contributed by atoms with van der Waals surface area (Å²) >= 11 is 0. The third-order valence-electron chi connectivity index (χ3n) is 4.07. The number of carbonyl (C=O) groups excluding carboxylic acids is 2. The number of nitrogens with one attached hydrogen (secondary N) is 1. The number of rotatable bonds is 3. The molecule has 2 aromatic rings. The number of benzene rings is 1. The number of carbonyl (C=O) groups is 2. The monoisotopic (exact) mass is 315 g/mol. The summed E-state index contributed by atoms with van der Waals surface area (Å²) in [6.07, 6.45) is 2.04. The van der Waals surface area contributed by atoms with E-state index in [9.17, 15) is 14.0 Å². The van der Waals surface area contributed by atoms with Crippen LogP contribution in [0.3, 0.4) is 0 Å². The number of fused-ring (bicyclic) bond motifs is 1. The Balaban J connectivity index is 1.73. The molecule has 0 aliphatic carbocycles. The van der Waals surface area contributed by atoms with Crippen LogP contribution >= 0.6 is 0 Å². The Morgan fingerprint density at radius 1 is 1.26 bits per heavy atom. The molecule has 0 unspecified atom stereocenters. The summed E-state index contributed by atoms with van der Waals surface area (Å²) in [5.41, 5.74) is 1.42. The number of aromatic nitrogens is 1. The van der Waals surface area contributed by atoms with Crippen LogP contribution in [0.2, 0.25) is 0 Å². The number of hydrogen-bond donors (Lipinski definition) is 1. The molecule has 1 aromatic carbocycles. The van der Waals surface area contributed by atoms with Crippen molar-refractivity contribution in [2.45, 2.75) is 19.8 Å². The minimum Gasteiger partial charge on any atom is -0.343 e. The normalized spacial score (nSPS) is 14.3. The number of halogens is 1. The van der Waals surface area contributed by atoms with E-state index in [0.29, 0.717) is 22.2 Å². The van der Waals surface area contributed by atoms with E-state index in [4.69, 9.17) is 0 Å². The van der Waals surface area contributed by atoms with Gasteiger partial charge in [0, 0.05) is 24.5 Å². The molecule has 23 heavy (non-hydrogen) atoms. The molecule has 0 atom stereocenters. The van der Waals surface area contributed by atoms with Crippen molar-refractivity contribution in [3.63, 3.8) is 0 Å². The largest absolute Gasteiger partial charge is 0.343 e. The van der Waals surface area contributed by atoms with Crippen molar-refractivity contribution < 1.29 is 14.0 Å². The molecule has 1 fully saturated rings. The SMILES string of the molecule is Cc1nc2cc(F)ccc2cc1C(=O)NCC(=O)N1CCCC1. The van der Waals surface area contributed by atoms with Gasteiger partial charge in [0.2, 0.25) is 5.91 Å². The van der Waals surface area contributed by atoms with Gasteiger partial charge < -0.3 is 10.2 Å². The lowest BCUT2D eigenvalue weighted by Crippen LogP contribution is -2.38. The fraction of sp³-hybridized carbons (Fsp3) is 0.353. The second kappa shape index (κ2) is 6.32. The molecule has 0 spiro atoms. The van der Waals surface area contributed by atoms with Gasteiger partial charge in [0.1, 0.15) is 5.82 Å². The highest BCUT2D eigenvalue weighted by molar-refractivity contribution is 6.00. The zero-order chi connectivity index (χ0) is 16.4. The Kier molecular flexibility index (Phi) is 4.23. The number of nitrogens with zero attached hydrogens (tertiary/aromatic N) is 2. The van der Waals surface area contributed by atoms with Crippen LogP contribution in [0.5, 0.6) is 0 Å². The smallest absolute Gasteiger partial charge is 0.253 e. The lowest BCUT2D eigenvalue weighted by atomic mass is 10.1. The van der Waals surface area contributed by atoms with Gasteiger partial charge in [-0.05, 0) is 38.0 Å². The van der Waals surface area contributed by atoms with E-state index in [-0.39, 0.29) is 24.2 Å². The second-order valence-electron chi connectivity index (χ2n) is 5.73. The average Bonchev–Trinajstić information content (AvgIpc) is 3.06. The first-order valence-corrected chi connectivity index (χ1v) is 7.67. The van der Waals surface area contributed by atoms with E-state index in [1.807, 2.05) is 0 Å². The van der Waals surface area contributed by atoms with Crippen LogP contribution in [0.25, 0.3) is 10.9 Å². The lowest BCUT2D eigenvalue weighted by molar-refractivity contribution is -0.129.